The summed E-state index contributed by atoms with van der Waals surface area (Å²) >= 11 is 0. The molecule has 9 nitrogen and oxygen atoms in total. The number of fused-ring (bicyclic) bond motifs is 1. The smallest absolute Gasteiger partial charge is 0.338 e. The van der Waals surface area contributed by atoms with Crippen molar-refractivity contribution in [2.75, 3.05) is 0 Å². The van der Waals surface area contributed by atoms with Crippen LogP contribution in [0.1, 0.15) is 15.9 Å². The number of aromatic amines is 1. The highest BCUT2D eigenvalue weighted by Crippen LogP contribution is 2.20. The molecule has 0 saturated carbocycles. The highest BCUT2D eigenvalue weighted by molar-refractivity contribution is 5.87. The fraction of sp³-hybridized carbons (Fsp3) is 0.0455. The van der Waals surface area contributed by atoms with Gasteiger partial charge < -0.3 is 5.11 Å². The van der Waals surface area contributed by atoms with Crippen LogP contribution >= 0.6 is 0 Å². The lowest BCUT2D eigenvalue weighted by Crippen LogP contribution is -2.14. The Bertz CT molecular complexity index is 1470. The van der Waals surface area contributed by atoms with Crippen molar-refractivity contribution in [2.24, 2.45) is 0 Å². The van der Waals surface area contributed by atoms with E-state index in [9.17, 15) is 9.59 Å². The molecule has 0 fully saturated rings. The molecule has 31 heavy (non-hydrogen) atoms. The van der Waals surface area contributed by atoms with Gasteiger partial charge in [0.25, 0.3) is 5.56 Å². The molecule has 152 valence electrons. The molecule has 0 aliphatic heterocycles. The second kappa shape index (κ2) is 7.38. The van der Waals surface area contributed by atoms with E-state index in [0.29, 0.717) is 12.1 Å². The Kier molecular flexibility index (Phi) is 4.40. The average Bonchev–Trinajstić information content (AvgIpc) is 3.42. The van der Waals surface area contributed by atoms with E-state index in [1.54, 1.807) is 10.9 Å². The van der Waals surface area contributed by atoms with Gasteiger partial charge in [0.05, 0.1) is 24.5 Å². The number of rotatable bonds is 5. The summed E-state index contributed by atoms with van der Waals surface area (Å²) in [5.41, 5.74) is 3.42. The normalized spacial score (nSPS) is 11.1. The number of carbonyl (C=O) groups is 1. The maximum atomic E-state index is 12.5. The molecule has 0 saturated heterocycles. The van der Waals surface area contributed by atoms with Gasteiger partial charge >= 0.3 is 5.97 Å². The van der Waals surface area contributed by atoms with Gasteiger partial charge in [0, 0.05) is 6.20 Å². The highest BCUT2D eigenvalue weighted by atomic mass is 16.4. The Labute approximate surface area is 175 Å². The molecule has 3 aromatic heterocycles. The molecule has 5 rings (SSSR count). The predicted octanol–water partition coefficient (Wildman–Crippen LogP) is 2.72. The lowest BCUT2D eigenvalue weighted by Gasteiger charge is -2.06. The molecular formula is C22H16N6O3. The van der Waals surface area contributed by atoms with E-state index in [0.717, 1.165) is 16.7 Å². The van der Waals surface area contributed by atoms with Gasteiger partial charge in [-0.25, -0.2) is 14.5 Å². The quantitative estimate of drug-likeness (QED) is 0.458. The standard InChI is InChI=1S/C22H16N6O3/c29-20-19-18(24-22(25-20)28-12-17(10-23-28)21(30)31)13-27(26-19)11-14-5-4-8-16(9-14)15-6-2-1-3-7-15/h1-10,12-13H,11H2,(H,30,31)(H,24,25,29). The lowest BCUT2D eigenvalue weighted by molar-refractivity contribution is 0.0697. The molecule has 0 bridgehead atoms. The first-order valence-electron chi connectivity index (χ1n) is 9.47. The van der Waals surface area contributed by atoms with Gasteiger partial charge in [-0.05, 0) is 22.8 Å². The van der Waals surface area contributed by atoms with Crippen LogP contribution in [0.25, 0.3) is 28.1 Å². The molecule has 3 heterocycles. The number of H-pyrrole nitrogens is 1. The van der Waals surface area contributed by atoms with Crippen molar-refractivity contribution in [1.29, 1.82) is 0 Å². The van der Waals surface area contributed by atoms with Crippen LogP contribution in [0.2, 0.25) is 0 Å². The summed E-state index contributed by atoms with van der Waals surface area (Å²) in [5.74, 6) is -0.990. The van der Waals surface area contributed by atoms with Gasteiger partial charge in [-0.3, -0.25) is 14.5 Å². The minimum atomic E-state index is -1.11. The Morgan fingerprint density at radius 1 is 1.03 bits per heavy atom. The third kappa shape index (κ3) is 3.60. The molecule has 0 radical (unpaired) electrons. The van der Waals surface area contributed by atoms with Crippen LogP contribution in [0, 0.1) is 0 Å². The van der Waals surface area contributed by atoms with E-state index < -0.39 is 11.5 Å². The van der Waals surface area contributed by atoms with E-state index in [2.05, 4.69) is 38.4 Å². The van der Waals surface area contributed by atoms with Crippen molar-refractivity contribution in [3.8, 4) is 17.1 Å². The molecule has 9 heteroatoms. The monoisotopic (exact) mass is 412 g/mol. The van der Waals surface area contributed by atoms with Crippen LogP contribution in [0.15, 0.2) is 78.0 Å². The fourth-order valence-corrected chi connectivity index (χ4v) is 3.36. The number of benzene rings is 2. The maximum Gasteiger partial charge on any atom is 0.338 e. The average molecular weight is 412 g/mol. The Hall–Kier alpha value is -4.53. The fourth-order valence-electron chi connectivity index (χ4n) is 3.36. The molecule has 0 amide bonds. The zero-order valence-corrected chi connectivity index (χ0v) is 16.1. The molecule has 0 atom stereocenters. The highest BCUT2D eigenvalue weighted by Gasteiger charge is 2.13. The van der Waals surface area contributed by atoms with E-state index >= 15 is 0 Å². The van der Waals surface area contributed by atoms with Gasteiger partial charge in [-0.2, -0.15) is 10.2 Å². The zero-order valence-electron chi connectivity index (χ0n) is 16.1. The van der Waals surface area contributed by atoms with Crippen molar-refractivity contribution in [3.05, 3.63) is 94.7 Å². The SMILES string of the molecule is O=C(O)c1cnn(-c2nc3cn(Cc4cccc(-c5ccccc5)c4)nc3c(=O)[nH]2)c1. The Morgan fingerprint density at radius 2 is 1.84 bits per heavy atom. The number of carboxylic acid groups (broad SMARTS) is 1. The third-order valence-corrected chi connectivity index (χ3v) is 4.83. The maximum absolute atomic E-state index is 12.5. The Morgan fingerprint density at radius 3 is 2.61 bits per heavy atom. The van der Waals surface area contributed by atoms with E-state index in [1.165, 1.54) is 17.1 Å². The molecule has 0 aliphatic carbocycles. The van der Waals surface area contributed by atoms with Crippen LogP contribution in [-0.4, -0.2) is 40.6 Å². The number of carboxylic acids is 1. The van der Waals surface area contributed by atoms with E-state index in [1.807, 2.05) is 36.4 Å². The van der Waals surface area contributed by atoms with Gasteiger partial charge in [0.1, 0.15) is 5.52 Å². The first-order chi connectivity index (χ1) is 15.1. The zero-order chi connectivity index (χ0) is 21.4. The minimum absolute atomic E-state index is 0.00302. The summed E-state index contributed by atoms with van der Waals surface area (Å²) < 4.78 is 2.87. The van der Waals surface area contributed by atoms with Crippen molar-refractivity contribution < 1.29 is 9.90 Å². The molecular weight excluding hydrogens is 396 g/mol. The number of aromatic carboxylic acids is 1. The second-order valence-corrected chi connectivity index (χ2v) is 7.00. The largest absolute Gasteiger partial charge is 0.478 e. The molecule has 0 unspecified atom stereocenters. The molecule has 2 N–H and O–H groups in total. The first kappa shape index (κ1) is 18.5. The predicted molar refractivity (Wildman–Crippen MR) is 113 cm³/mol. The number of hydrogen-bond donors (Lipinski definition) is 2. The number of hydrogen-bond acceptors (Lipinski definition) is 5. The summed E-state index contributed by atoms with van der Waals surface area (Å²) in [7, 11) is 0. The second-order valence-electron chi connectivity index (χ2n) is 7.00. The number of aromatic nitrogens is 6. The molecule has 0 aliphatic rings. The van der Waals surface area contributed by atoms with Gasteiger partial charge in [0.2, 0.25) is 5.95 Å². The van der Waals surface area contributed by atoms with Crippen molar-refractivity contribution in [3.63, 3.8) is 0 Å². The molecule has 0 spiro atoms. The summed E-state index contributed by atoms with van der Waals surface area (Å²) in [4.78, 5) is 30.5. The molecule has 5 aromatic rings. The van der Waals surface area contributed by atoms with Crippen LogP contribution in [0.4, 0.5) is 0 Å². The summed E-state index contributed by atoms with van der Waals surface area (Å²) in [6.45, 7) is 0.469. The van der Waals surface area contributed by atoms with E-state index in [-0.39, 0.29) is 17.0 Å². The van der Waals surface area contributed by atoms with Crippen LogP contribution in [0.3, 0.4) is 0 Å². The minimum Gasteiger partial charge on any atom is -0.478 e. The number of nitrogens with one attached hydrogen (secondary N) is 1. The third-order valence-electron chi connectivity index (χ3n) is 4.83. The van der Waals surface area contributed by atoms with Gasteiger partial charge in [-0.15, -0.1) is 0 Å². The summed E-state index contributed by atoms with van der Waals surface area (Å²) in [5, 5.41) is 17.4. The van der Waals surface area contributed by atoms with E-state index in [4.69, 9.17) is 5.11 Å². The van der Waals surface area contributed by atoms with Gasteiger partial charge in [0.15, 0.2) is 5.52 Å². The Balaban J connectivity index is 1.47. The number of nitrogens with zero attached hydrogens (tertiary/aromatic N) is 5. The van der Waals surface area contributed by atoms with Crippen molar-refractivity contribution in [1.82, 2.24) is 29.5 Å². The lowest BCUT2D eigenvalue weighted by atomic mass is 10.0. The van der Waals surface area contributed by atoms with Crippen LogP contribution in [0.5, 0.6) is 0 Å². The summed E-state index contributed by atoms with van der Waals surface area (Å²) in [6.07, 6.45) is 4.16. The van der Waals surface area contributed by atoms with Crippen molar-refractivity contribution >= 4 is 17.0 Å². The molecule has 2 aromatic carbocycles. The topological polar surface area (TPSA) is 119 Å². The first-order valence-corrected chi connectivity index (χ1v) is 9.47. The van der Waals surface area contributed by atoms with Crippen LogP contribution < -0.4 is 5.56 Å². The van der Waals surface area contributed by atoms with Crippen LogP contribution in [-0.2, 0) is 6.54 Å². The van der Waals surface area contributed by atoms with Crippen molar-refractivity contribution in [2.45, 2.75) is 6.54 Å². The van der Waals surface area contributed by atoms with Gasteiger partial charge in [-0.1, -0.05) is 48.5 Å². The summed E-state index contributed by atoms with van der Waals surface area (Å²) in [6, 6.07) is 18.2.